The van der Waals surface area contributed by atoms with Crippen LogP contribution in [0.25, 0.3) is 0 Å². The fourth-order valence-electron chi connectivity index (χ4n) is 1.72. The number of hydrogen-bond acceptors (Lipinski definition) is 5. The molecule has 0 bridgehead atoms. The summed E-state index contributed by atoms with van der Waals surface area (Å²) in [6.45, 7) is 8.70. The predicted molar refractivity (Wildman–Crippen MR) is 84.6 cm³/mol. The number of aromatic nitrogens is 1. The van der Waals surface area contributed by atoms with Crippen molar-refractivity contribution in [1.29, 1.82) is 0 Å². The van der Waals surface area contributed by atoms with Crippen molar-refractivity contribution in [3.05, 3.63) is 16.1 Å². The normalized spacial score (nSPS) is 13.8. The van der Waals surface area contributed by atoms with Crippen LogP contribution in [0.2, 0.25) is 0 Å². The number of sulfonamides is 1. The van der Waals surface area contributed by atoms with Gasteiger partial charge in [0.2, 0.25) is 10.0 Å². The van der Waals surface area contributed by atoms with Gasteiger partial charge in [0, 0.05) is 17.1 Å². The minimum atomic E-state index is -3.25. The van der Waals surface area contributed by atoms with Crippen molar-refractivity contribution in [2.45, 2.75) is 52.6 Å². The van der Waals surface area contributed by atoms with Crippen molar-refractivity contribution in [3.63, 3.8) is 0 Å². The van der Waals surface area contributed by atoms with Crippen molar-refractivity contribution in [3.8, 4) is 0 Å². The van der Waals surface area contributed by atoms with Crippen LogP contribution in [-0.4, -0.2) is 31.7 Å². The molecule has 2 N–H and O–H groups in total. The van der Waals surface area contributed by atoms with E-state index in [2.05, 4.69) is 21.9 Å². The summed E-state index contributed by atoms with van der Waals surface area (Å²) in [7, 11) is -3.25. The molecular formula is C13H25N3O2S2. The van der Waals surface area contributed by atoms with E-state index in [4.69, 9.17) is 0 Å². The maximum atomic E-state index is 12.0. The Morgan fingerprint density at radius 1 is 1.35 bits per heavy atom. The Hall–Kier alpha value is -0.500. The van der Waals surface area contributed by atoms with Crippen LogP contribution in [0.3, 0.4) is 0 Å². The molecule has 0 fully saturated rings. The van der Waals surface area contributed by atoms with E-state index in [9.17, 15) is 8.42 Å². The molecule has 0 saturated carbocycles. The molecule has 7 heteroatoms. The van der Waals surface area contributed by atoms with Gasteiger partial charge in [-0.05, 0) is 26.3 Å². The summed E-state index contributed by atoms with van der Waals surface area (Å²) < 4.78 is 26.6. The summed E-state index contributed by atoms with van der Waals surface area (Å²) in [5, 5.41) is 4.04. The Morgan fingerprint density at radius 2 is 2.05 bits per heavy atom. The lowest BCUT2D eigenvalue weighted by Gasteiger charge is -2.12. The van der Waals surface area contributed by atoms with E-state index in [0.29, 0.717) is 19.0 Å². The SMILES string of the molecule is CCc1cnc(C(C)NS(=O)(=O)CCCNC(C)C)s1. The van der Waals surface area contributed by atoms with E-state index in [1.807, 2.05) is 27.0 Å². The molecule has 5 nitrogen and oxygen atoms in total. The van der Waals surface area contributed by atoms with Gasteiger partial charge in [0.15, 0.2) is 0 Å². The average molecular weight is 319 g/mol. The third-order valence-corrected chi connectivity index (χ3v) is 5.65. The minimum Gasteiger partial charge on any atom is -0.314 e. The highest BCUT2D eigenvalue weighted by Gasteiger charge is 2.17. The minimum absolute atomic E-state index is 0.142. The molecule has 0 amide bonds. The lowest BCUT2D eigenvalue weighted by Crippen LogP contribution is -2.31. The first-order chi connectivity index (χ1) is 9.34. The Labute approximate surface area is 126 Å². The van der Waals surface area contributed by atoms with Gasteiger partial charge in [-0.1, -0.05) is 20.8 Å². The number of nitrogens with one attached hydrogen (secondary N) is 2. The number of aryl methyl sites for hydroxylation is 1. The Bertz CT molecular complexity index is 497. The van der Waals surface area contributed by atoms with E-state index < -0.39 is 10.0 Å². The molecule has 116 valence electrons. The van der Waals surface area contributed by atoms with Gasteiger partial charge in [-0.25, -0.2) is 18.1 Å². The van der Waals surface area contributed by atoms with E-state index in [0.717, 1.165) is 11.4 Å². The van der Waals surface area contributed by atoms with Crippen molar-refractivity contribution in [1.82, 2.24) is 15.0 Å². The Balaban J connectivity index is 2.44. The first kappa shape index (κ1) is 17.6. The molecule has 0 radical (unpaired) electrons. The van der Waals surface area contributed by atoms with Crippen LogP contribution < -0.4 is 10.0 Å². The maximum Gasteiger partial charge on any atom is 0.212 e. The van der Waals surface area contributed by atoms with Crippen molar-refractivity contribution >= 4 is 21.4 Å². The summed E-state index contributed by atoms with van der Waals surface area (Å²) in [6, 6.07) is 0.121. The summed E-state index contributed by atoms with van der Waals surface area (Å²) in [5.41, 5.74) is 0. The quantitative estimate of drug-likeness (QED) is 0.684. The molecule has 0 aliphatic heterocycles. The van der Waals surface area contributed by atoms with E-state index in [1.165, 1.54) is 4.88 Å². The van der Waals surface area contributed by atoms with Gasteiger partial charge >= 0.3 is 0 Å². The fraction of sp³-hybridized carbons (Fsp3) is 0.769. The highest BCUT2D eigenvalue weighted by Crippen LogP contribution is 2.20. The molecule has 0 aliphatic carbocycles. The molecule has 0 aromatic carbocycles. The average Bonchev–Trinajstić information content (AvgIpc) is 2.83. The predicted octanol–water partition coefficient (Wildman–Crippen LogP) is 2.07. The van der Waals surface area contributed by atoms with Gasteiger partial charge in [-0.3, -0.25) is 0 Å². The zero-order valence-corrected chi connectivity index (χ0v) is 14.3. The zero-order chi connectivity index (χ0) is 15.2. The highest BCUT2D eigenvalue weighted by atomic mass is 32.2. The second-order valence-corrected chi connectivity index (χ2v) is 8.16. The molecule has 20 heavy (non-hydrogen) atoms. The van der Waals surface area contributed by atoms with E-state index in [-0.39, 0.29) is 11.8 Å². The molecule has 0 spiro atoms. The largest absolute Gasteiger partial charge is 0.314 e. The second kappa shape index (κ2) is 8.07. The van der Waals surface area contributed by atoms with Crippen molar-refractivity contribution in [2.24, 2.45) is 0 Å². The van der Waals surface area contributed by atoms with Gasteiger partial charge in [-0.2, -0.15) is 0 Å². The lowest BCUT2D eigenvalue weighted by atomic mass is 10.4. The molecule has 1 aromatic heterocycles. The Morgan fingerprint density at radius 3 is 2.60 bits per heavy atom. The van der Waals surface area contributed by atoms with Gasteiger partial charge < -0.3 is 5.32 Å². The summed E-state index contributed by atoms with van der Waals surface area (Å²) in [4.78, 5) is 5.44. The van der Waals surface area contributed by atoms with Crippen LogP contribution in [0.4, 0.5) is 0 Å². The maximum absolute atomic E-state index is 12.0. The number of hydrogen-bond donors (Lipinski definition) is 2. The number of thiazole rings is 1. The third-order valence-electron chi connectivity index (χ3n) is 2.79. The number of nitrogens with zero attached hydrogens (tertiary/aromatic N) is 1. The fourth-order valence-corrected chi connectivity index (χ4v) is 3.94. The highest BCUT2D eigenvalue weighted by molar-refractivity contribution is 7.89. The molecule has 1 aromatic rings. The molecule has 0 saturated heterocycles. The summed E-state index contributed by atoms with van der Waals surface area (Å²) >= 11 is 1.56. The second-order valence-electron chi connectivity index (χ2n) is 5.14. The first-order valence-corrected chi connectivity index (χ1v) is 9.49. The van der Waals surface area contributed by atoms with Crippen molar-refractivity contribution < 1.29 is 8.42 Å². The first-order valence-electron chi connectivity index (χ1n) is 7.02. The molecule has 1 unspecified atom stereocenters. The summed E-state index contributed by atoms with van der Waals surface area (Å²) in [6.07, 6.45) is 3.35. The van der Waals surface area contributed by atoms with Crippen LogP contribution in [0, 0.1) is 0 Å². The van der Waals surface area contributed by atoms with Crippen LogP contribution in [-0.2, 0) is 16.4 Å². The smallest absolute Gasteiger partial charge is 0.212 e. The topological polar surface area (TPSA) is 71.1 Å². The van der Waals surface area contributed by atoms with Crippen molar-refractivity contribution in [2.75, 3.05) is 12.3 Å². The van der Waals surface area contributed by atoms with E-state index in [1.54, 1.807) is 11.3 Å². The standard InChI is InChI=1S/C13H25N3O2S2/c1-5-12-9-15-13(19-12)11(4)16-20(17,18)8-6-7-14-10(2)3/h9-11,14,16H,5-8H2,1-4H3. The van der Waals surface area contributed by atoms with Crippen LogP contribution >= 0.6 is 11.3 Å². The Kier molecular flexibility index (Phi) is 7.08. The zero-order valence-electron chi connectivity index (χ0n) is 12.6. The molecule has 1 rings (SSSR count). The van der Waals surface area contributed by atoms with Crippen LogP contribution in [0.15, 0.2) is 6.20 Å². The van der Waals surface area contributed by atoms with E-state index >= 15 is 0 Å². The van der Waals surface area contributed by atoms with Gasteiger partial charge in [0.25, 0.3) is 0 Å². The lowest BCUT2D eigenvalue weighted by molar-refractivity contribution is 0.551. The van der Waals surface area contributed by atoms with Gasteiger partial charge in [0.05, 0.1) is 11.8 Å². The monoisotopic (exact) mass is 319 g/mol. The van der Waals surface area contributed by atoms with Gasteiger partial charge in [0.1, 0.15) is 5.01 Å². The molecular weight excluding hydrogens is 294 g/mol. The number of rotatable bonds is 9. The molecule has 0 aliphatic rings. The third kappa shape index (κ3) is 6.30. The summed E-state index contributed by atoms with van der Waals surface area (Å²) in [5.74, 6) is 0.142. The van der Waals surface area contributed by atoms with Gasteiger partial charge in [-0.15, -0.1) is 11.3 Å². The van der Waals surface area contributed by atoms with Crippen LogP contribution in [0.1, 0.15) is 50.0 Å². The molecule has 1 atom stereocenters. The van der Waals surface area contributed by atoms with Crippen LogP contribution in [0.5, 0.6) is 0 Å². The molecule has 1 heterocycles.